The summed E-state index contributed by atoms with van der Waals surface area (Å²) in [5, 5.41) is 8.17. The van der Waals surface area contributed by atoms with Gasteiger partial charge in [-0.3, -0.25) is 4.79 Å². The van der Waals surface area contributed by atoms with E-state index in [4.69, 9.17) is 9.84 Å². The Morgan fingerprint density at radius 2 is 2.00 bits per heavy atom. The molecule has 19 heavy (non-hydrogen) atoms. The van der Waals surface area contributed by atoms with Crippen LogP contribution in [0.3, 0.4) is 0 Å². The molecule has 0 aliphatic carbocycles. The lowest BCUT2D eigenvalue weighted by Crippen LogP contribution is -2.30. The zero-order valence-electron chi connectivity index (χ0n) is 10.4. The monoisotopic (exact) mass is 284 g/mol. The summed E-state index contributed by atoms with van der Waals surface area (Å²) >= 11 is 0. The second-order valence-electron chi connectivity index (χ2n) is 4.60. The Morgan fingerprint density at radius 1 is 1.32 bits per heavy atom. The van der Waals surface area contributed by atoms with Gasteiger partial charge in [0.2, 0.25) is 0 Å². The van der Waals surface area contributed by atoms with Gasteiger partial charge in [-0.15, -0.1) is 0 Å². The molecule has 1 aliphatic heterocycles. The highest BCUT2D eigenvalue weighted by Gasteiger charge is 2.29. The summed E-state index contributed by atoms with van der Waals surface area (Å²) in [6.45, 7) is 0.850. The number of rotatable bonds is 4. The average Bonchev–Trinajstić information content (AvgIpc) is 2.40. The van der Waals surface area contributed by atoms with Gasteiger partial charge < -0.3 is 9.84 Å². The Balaban J connectivity index is 2.18. The van der Waals surface area contributed by atoms with Crippen molar-refractivity contribution in [3.05, 3.63) is 29.8 Å². The van der Waals surface area contributed by atoms with E-state index in [9.17, 15) is 13.2 Å². The summed E-state index contributed by atoms with van der Waals surface area (Å²) in [7, 11) is -3.38. The molecule has 0 spiro atoms. The van der Waals surface area contributed by atoms with Crippen molar-refractivity contribution < 1.29 is 23.1 Å². The number of carboxylic acid groups (broad SMARTS) is 1. The molecule has 0 bridgehead atoms. The number of carbonyl (C=O) groups is 1. The van der Waals surface area contributed by atoms with Crippen LogP contribution < -0.4 is 0 Å². The Morgan fingerprint density at radius 3 is 2.53 bits per heavy atom. The predicted molar refractivity (Wildman–Crippen MR) is 68.8 cm³/mol. The number of benzene rings is 1. The number of carboxylic acids is 1. The van der Waals surface area contributed by atoms with E-state index in [1.807, 2.05) is 0 Å². The Kier molecular flexibility index (Phi) is 4.21. The molecular formula is C13H16O5S. The normalized spacial score (nSPS) is 20.1. The van der Waals surface area contributed by atoms with Crippen LogP contribution in [0.1, 0.15) is 18.4 Å². The molecule has 1 fully saturated rings. The first-order valence-electron chi connectivity index (χ1n) is 6.12. The lowest BCUT2D eigenvalue weighted by Gasteiger charge is -2.22. The van der Waals surface area contributed by atoms with Gasteiger partial charge in [0.25, 0.3) is 0 Å². The first-order valence-corrected chi connectivity index (χ1v) is 7.67. The molecule has 104 valence electrons. The summed E-state index contributed by atoms with van der Waals surface area (Å²) in [4.78, 5) is 10.8. The molecule has 1 heterocycles. The molecule has 1 unspecified atom stereocenters. The Labute approximate surface area is 112 Å². The van der Waals surface area contributed by atoms with E-state index in [1.54, 1.807) is 12.1 Å². The lowest BCUT2D eigenvalue weighted by atomic mass is 10.2. The Bertz CT molecular complexity index is 541. The minimum atomic E-state index is -3.38. The fourth-order valence-corrected chi connectivity index (χ4v) is 3.77. The molecule has 0 aromatic heterocycles. The maximum Gasteiger partial charge on any atom is 0.307 e. The topological polar surface area (TPSA) is 80.7 Å². The fraction of sp³-hybridized carbons (Fsp3) is 0.462. The molecule has 1 aromatic carbocycles. The number of hydrogen-bond donors (Lipinski definition) is 1. The molecule has 2 rings (SSSR count). The molecule has 5 nitrogen and oxygen atoms in total. The van der Waals surface area contributed by atoms with Crippen LogP contribution in [0, 0.1) is 0 Å². The molecule has 0 saturated carbocycles. The smallest absolute Gasteiger partial charge is 0.307 e. The van der Waals surface area contributed by atoms with Crippen LogP contribution in [0.25, 0.3) is 0 Å². The number of ether oxygens (including phenoxy) is 1. The van der Waals surface area contributed by atoms with E-state index < -0.39 is 21.1 Å². The van der Waals surface area contributed by atoms with E-state index in [-0.39, 0.29) is 17.9 Å². The maximum atomic E-state index is 12.3. The van der Waals surface area contributed by atoms with Crippen LogP contribution >= 0.6 is 0 Å². The second-order valence-corrected chi connectivity index (χ2v) is 6.83. The molecule has 6 heteroatoms. The van der Waals surface area contributed by atoms with Crippen LogP contribution in [0.5, 0.6) is 0 Å². The van der Waals surface area contributed by atoms with Crippen molar-refractivity contribution in [2.24, 2.45) is 0 Å². The third-order valence-electron chi connectivity index (χ3n) is 3.16. The van der Waals surface area contributed by atoms with Gasteiger partial charge >= 0.3 is 5.97 Å². The first kappa shape index (κ1) is 14.0. The van der Waals surface area contributed by atoms with Crippen molar-refractivity contribution >= 4 is 15.8 Å². The van der Waals surface area contributed by atoms with Crippen LogP contribution in [0.2, 0.25) is 0 Å². The first-order chi connectivity index (χ1) is 9.00. The van der Waals surface area contributed by atoms with Crippen molar-refractivity contribution in [2.45, 2.75) is 29.4 Å². The largest absolute Gasteiger partial charge is 0.481 e. The van der Waals surface area contributed by atoms with Crippen molar-refractivity contribution in [3.63, 3.8) is 0 Å². The predicted octanol–water partition coefficient (Wildman–Crippen LogP) is 1.27. The number of sulfone groups is 1. The maximum absolute atomic E-state index is 12.3. The van der Waals surface area contributed by atoms with E-state index in [1.165, 1.54) is 12.1 Å². The van der Waals surface area contributed by atoms with Gasteiger partial charge in [0, 0.05) is 6.61 Å². The molecule has 0 amide bonds. The molecule has 1 atom stereocenters. The Hall–Kier alpha value is -1.40. The summed E-state index contributed by atoms with van der Waals surface area (Å²) < 4.78 is 29.9. The van der Waals surface area contributed by atoms with Gasteiger partial charge in [-0.05, 0) is 30.5 Å². The molecule has 1 N–H and O–H groups in total. The zero-order valence-corrected chi connectivity index (χ0v) is 11.2. The van der Waals surface area contributed by atoms with E-state index >= 15 is 0 Å². The van der Waals surface area contributed by atoms with E-state index in [0.29, 0.717) is 18.6 Å². The zero-order chi connectivity index (χ0) is 13.9. The third-order valence-corrected chi connectivity index (χ3v) is 5.34. The van der Waals surface area contributed by atoms with Gasteiger partial charge in [0.05, 0.1) is 23.2 Å². The number of aliphatic carboxylic acids is 1. The second kappa shape index (κ2) is 5.71. The molecule has 1 aromatic rings. The highest BCUT2D eigenvalue weighted by Crippen LogP contribution is 2.23. The minimum Gasteiger partial charge on any atom is -0.481 e. The van der Waals surface area contributed by atoms with Gasteiger partial charge in [0.15, 0.2) is 9.84 Å². The van der Waals surface area contributed by atoms with Gasteiger partial charge in [-0.2, -0.15) is 0 Å². The standard InChI is InChI=1S/C13H16O5S/c14-13(15)8-10-3-5-11(6-4-10)19(16,17)12-2-1-7-18-9-12/h3-6,12H,1-2,7-9H2,(H,14,15). The van der Waals surface area contributed by atoms with Crippen LogP contribution in [0.4, 0.5) is 0 Å². The average molecular weight is 284 g/mol. The van der Waals surface area contributed by atoms with E-state index in [0.717, 1.165) is 6.42 Å². The van der Waals surface area contributed by atoms with Gasteiger partial charge in [-0.25, -0.2) is 8.42 Å². The summed E-state index contributed by atoms with van der Waals surface area (Å²) in [6.07, 6.45) is 1.26. The van der Waals surface area contributed by atoms with Gasteiger partial charge in [0.1, 0.15) is 0 Å². The van der Waals surface area contributed by atoms with Crippen LogP contribution in [0.15, 0.2) is 29.2 Å². The minimum absolute atomic E-state index is 0.104. The van der Waals surface area contributed by atoms with Crippen molar-refractivity contribution in [3.8, 4) is 0 Å². The highest BCUT2D eigenvalue weighted by molar-refractivity contribution is 7.92. The highest BCUT2D eigenvalue weighted by atomic mass is 32.2. The molecular weight excluding hydrogens is 268 g/mol. The lowest BCUT2D eigenvalue weighted by molar-refractivity contribution is -0.136. The van der Waals surface area contributed by atoms with Gasteiger partial charge in [-0.1, -0.05) is 12.1 Å². The molecule has 1 aliphatic rings. The van der Waals surface area contributed by atoms with Crippen molar-refractivity contribution in [1.29, 1.82) is 0 Å². The molecule has 0 radical (unpaired) electrons. The summed E-state index contributed by atoms with van der Waals surface area (Å²) in [6, 6.07) is 6.04. The van der Waals surface area contributed by atoms with Crippen LogP contribution in [-0.2, 0) is 25.8 Å². The quantitative estimate of drug-likeness (QED) is 0.900. The fourth-order valence-electron chi connectivity index (χ4n) is 2.12. The summed E-state index contributed by atoms with van der Waals surface area (Å²) in [5.74, 6) is -0.934. The summed E-state index contributed by atoms with van der Waals surface area (Å²) in [5.41, 5.74) is 0.589. The SMILES string of the molecule is O=C(O)Cc1ccc(S(=O)(=O)C2CCCOC2)cc1. The van der Waals surface area contributed by atoms with Crippen LogP contribution in [-0.4, -0.2) is 38.0 Å². The van der Waals surface area contributed by atoms with Crippen molar-refractivity contribution in [2.75, 3.05) is 13.2 Å². The van der Waals surface area contributed by atoms with Crippen molar-refractivity contribution in [1.82, 2.24) is 0 Å². The molecule has 1 saturated heterocycles. The van der Waals surface area contributed by atoms with E-state index in [2.05, 4.69) is 0 Å². The number of hydrogen-bond acceptors (Lipinski definition) is 4. The third kappa shape index (κ3) is 3.33.